The normalized spacial score (nSPS) is 10.2. The molecule has 0 aliphatic rings. The molecule has 0 amide bonds. The first-order chi connectivity index (χ1) is 9.55. The molecule has 0 unspecified atom stereocenters. The molecule has 1 rings (SSSR count). The Labute approximate surface area is 170 Å². The molecule has 0 spiro atoms. The van der Waals surface area contributed by atoms with Crippen LogP contribution in [-0.2, 0) is 33.4 Å². The van der Waals surface area contributed by atoms with E-state index in [0.717, 1.165) is 10.6 Å². The van der Waals surface area contributed by atoms with Gasteiger partial charge in [0.25, 0.3) is 0 Å². The molecular weight excluding hydrogens is 497 g/mol. The predicted molar refractivity (Wildman–Crippen MR) is 99.0 cm³/mol. The molecule has 22 heavy (non-hydrogen) atoms. The summed E-state index contributed by atoms with van der Waals surface area (Å²) in [4.78, 5) is 0. The van der Waals surface area contributed by atoms with Crippen molar-refractivity contribution in [3.63, 3.8) is 0 Å². The van der Waals surface area contributed by atoms with Crippen LogP contribution in [0, 0.1) is 18.8 Å². The van der Waals surface area contributed by atoms with E-state index in [0.29, 0.717) is 0 Å². The van der Waals surface area contributed by atoms with Gasteiger partial charge in [-0.3, -0.25) is 0 Å². The number of halogens is 2. The van der Waals surface area contributed by atoms with Crippen molar-refractivity contribution in [3.05, 3.63) is 42.3 Å². The third-order valence-electron chi connectivity index (χ3n) is 2.68. The van der Waals surface area contributed by atoms with E-state index in [1.165, 1.54) is 22.0 Å². The molecule has 0 bridgehead atoms. The van der Waals surface area contributed by atoms with Gasteiger partial charge in [-0.1, -0.05) is 62.1 Å². The molecule has 1 aromatic carbocycles. The Bertz CT molecular complexity index is 448. The van der Waals surface area contributed by atoms with Crippen molar-refractivity contribution in [2.24, 2.45) is 0 Å². The SMILES string of the molecule is [C-]#N.[CH2-]c1c(Cl)cccc1N([Si](C)(C)C)[Si](C)(C)C.[Cu+].[Zn+][Br]. The molecule has 0 fully saturated rings. The van der Waals surface area contributed by atoms with Gasteiger partial charge in [0.15, 0.2) is 0 Å². The fraction of sp³-hybridized carbons (Fsp3) is 0.429. The van der Waals surface area contributed by atoms with E-state index in [-0.39, 0.29) is 17.1 Å². The van der Waals surface area contributed by atoms with Crippen LogP contribution in [0.5, 0.6) is 0 Å². The van der Waals surface area contributed by atoms with Gasteiger partial charge in [-0.05, 0) is 0 Å². The fourth-order valence-corrected chi connectivity index (χ4v) is 12.6. The Morgan fingerprint density at radius 1 is 1.09 bits per heavy atom. The molecule has 0 saturated heterocycles. The van der Waals surface area contributed by atoms with Crippen molar-refractivity contribution in [2.75, 3.05) is 4.23 Å². The van der Waals surface area contributed by atoms with Crippen LogP contribution in [0.4, 0.5) is 5.69 Å². The summed E-state index contributed by atoms with van der Waals surface area (Å²) in [5.74, 6) is 0. The second-order valence-corrected chi connectivity index (χ2v) is 16.8. The molecule has 0 aliphatic heterocycles. The standard InChI is InChI=1S/C13H23ClNSi2.CN.BrH.Cu.Zn/c1-11-12(14)9-8-10-13(11)15(16(2,3)4)17(5,6)7;1-2;;;/h8-10H,1H2,2-7H3;;1H;;/q2*-1;;+1;+2/p-1. The summed E-state index contributed by atoms with van der Waals surface area (Å²) in [5.41, 5.74) is 2.20. The van der Waals surface area contributed by atoms with Crippen LogP contribution in [0.25, 0.3) is 0 Å². The fourth-order valence-electron chi connectivity index (χ4n) is 2.49. The van der Waals surface area contributed by atoms with Crippen molar-refractivity contribution in [2.45, 2.75) is 39.3 Å². The molecule has 0 atom stereocenters. The first kappa shape index (κ1) is 27.6. The Hall–Kier alpha value is 0.727. The van der Waals surface area contributed by atoms with Crippen LogP contribution in [-0.4, -0.2) is 16.5 Å². The molecule has 0 aliphatic carbocycles. The van der Waals surface area contributed by atoms with Gasteiger partial charge in [0.05, 0.1) is 0 Å². The zero-order valence-corrected chi connectivity index (χ0v) is 22.3. The molecule has 2 nitrogen and oxygen atoms in total. The first-order valence-corrected chi connectivity index (χ1v) is 20.7. The van der Waals surface area contributed by atoms with E-state index in [2.05, 4.69) is 70.1 Å². The third-order valence-corrected chi connectivity index (χ3v) is 10.2. The van der Waals surface area contributed by atoms with E-state index >= 15 is 0 Å². The average Bonchev–Trinajstić information content (AvgIpc) is 2.36. The van der Waals surface area contributed by atoms with Crippen LogP contribution in [0.2, 0.25) is 44.3 Å². The molecule has 0 heterocycles. The molecule has 0 N–H and O–H groups in total. The molecule has 0 saturated carbocycles. The second kappa shape index (κ2) is 12.1. The summed E-state index contributed by atoms with van der Waals surface area (Å²) in [6, 6.07) is 6.10. The van der Waals surface area contributed by atoms with Gasteiger partial charge in [0.1, 0.15) is 16.5 Å². The van der Waals surface area contributed by atoms with Gasteiger partial charge in [-0.25, -0.2) is 0 Å². The summed E-state index contributed by atoms with van der Waals surface area (Å²) < 4.78 is 2.65. The number of hydrogen-bond acceptors (Lipinski definition) is 2. The minimum atomic E-state index is -1.42. The van der Waals surface area contributed by atoms with E-state index in [9.17, 15) is 0 Å². The van der Waals surface area contributed by atoms with Crippen LogP contribution < -0.4 is 4.23 Å². The summed E-state index contributed by atoms with van der Waals surface area (Å²) in [7, 11) is -2.84. The third kappa shape index (κ3) is 8.54. The number of hydrogen-bond donors (Lipinski definition) is 0. The Kier molecular flexibility index (Phi) is 15.2. The van der Waals surface area contributed by atoms with Gasteiger partial charge < -0.3 is 16.1 Å². The average molecular weight is 520 g/mol. The van der Waals surface area contributed by atoms with Gasteiger partial charge in [-0.15, -0.1) is 6.07 Å². The van der Waals surface area contributed by atoms with Crippen LogP contribution in [0.3, 0.4) is 0 Å². The van der Waals surface area contributed by atoms with Crippen molar-refractivity contribution in [1.29, 1.82) is 5.26 Å². The maximum atomic E-state index is 6.25. The molecular formula is C14H23BrClCuN2Si2Zn. The number of benzene rings is 1. The summed E-state index contributed by atoms with van der Waals surface area (Å²) in [5, 5.41) is 7.02. The summed E-state index contributed by atoms with van der Waals surface area (Å²) in [6.45, 7) is 23.2. The monoisotopic (exact) mass is 516 g/mol. The first-order valence-electron chi connectivity index (χ1n) is 6.45. The Morgan fingerprint density at radius 3 is 1.77 bits per heavy atom. The predicted octanol–water partition coefficient (Wildman–Crippen LogP) is 5.94. The summed E-state index contributed by atoms with van der Waals surface area (Å²) in [6.07, 6.45) is 0. The molecule has 124 valence electrons. The molecule has 8 heteroatoms. The Balaban J connectivity index is -0.000000665. The second-order valence-electron chi connectivity index (χ2n) is 6.41. The minimum absolute atomic E-state index is 0. The number of anilines is 1. The molecule has 0 aromatic heterocycles. The Morgan fingerprint density at radius 2 is 1.45 bits per heavy atom. The zero-order valence-electron chi connectivity index (χ0n) is 14.1. The van der Waals surface area contributed by atoms with Crippen LogP contribution in [0.15, 0.2) is 18.2 Å². The van der Waals surface area contributed by atoms with E-state index in [4.69, 9.17) is 23.4 Å². The zero-order chi connectivity index (χ0) is 17.4. The topological polar surface area (TPSA) is 27.0 Å². The van der Waals surface area contributed by atoms with Crippen molar-refractivity contribution < 1.29 is 33.4 Å². The van der Waals surface area contributed by atoms with Crippen LogP contribution >= 0.6 is 25.2 Å². The quantitative estimate of drug-likeness (QED) is 0.365. The van der Waals surface area contributed by atoms with E-state index in [1.807, 2.05) is 12.1 Å². The van der Waals surface area contributed by atoms with Gasteiger partial charge in [0, 0.05) is 0 Å². The number of rotatable bonds is 3. The van der Waals surface area contributed by atoms with E-state index < -0.39 is 16.5 Å². The summed E-state index contributed by atoms with van der Waals surface area (Å²) >= 11 is 10.4. The van der Waals surface area contributed by atoms with Crippen LogP contribution in [0.1, 0.15) is 5.56 Å². The van der Waals surface area contributed by atoms with Gasteiger partial charge >= 0.3 is 47.0 Å². The van der Waals surface area contributed by atoms with Crippen molar-refractivity contribution in [3.8, 4) is 0 Å². The maximum absolute atomic E-state index is 6.25. The molecule has 1 aromatic rings. The van der Waals surface area contributed by atoms with Gasteiger partial charge in [-0.2, -0.15) is 24.1 Å². The number of nitrogens with zero attached hydrogens (tertiary/aromatic N) is 2. The van der Waals surface area contributed by atoms with Gasteiger partial charge in [0.2, 0.25) is 0 Å². The molecule has 0 radical (unpaired) electrons. The van der Waals surface area contributed by atoms with E-state index in [1.54, 1.807) is 0 Å². The van der Waals surface area contributed by atoms with Crippen molar-refractivity contribution >= 4 is 47.4 Å². The van der Waals surface area contributed by atoms with Crippen molar-refractivity contribution in [1.82, 2.24) is 0 Å².